The number of piperidine rings is 2. The Morgan fingerprint density at radius 1 is 0.920 bits per heavy atom. The molecule has 3 rings (SSSR count). The van der Waals surface area contributed by atoms with Crippen LogP contribution in [0.2, 0.25) is 0 Å². The van der Waals surface area contributed by atoms with Gasteiger partial charge in [0, 0.05) is 44.0 Å². The van der Waals surface area contributed by atoms with Crippen LogP contribution in [0.1, 0.15) is 24.8 Å². The van der Waals surface area contributed by atoms with Crippen molar-refractivity contribution in [3.05, 3.63) is 29.3 Å². The molecule has 3 N–H and O–H groups in total. The van der Waals surface area contributed by atoms with Crippen molar-refractivity contribution in [1.29, 1.82) is 0 Å². The summed E-state index contributed by atoms with van der Waals surface area (Å²) in [5.74, 6) is -1.11. The lowest BCUT2D eigenvalue weighted by Gasteiger charge is -2.36. The van der Waals surface area contributed by atoms with Gasteiger partial charge in [0.25, 0.3) is 0 Å². The van der Waals surface area contributed by atoms with Crippen LogP contribution in [0.3, 0.4) is 0 Å². The van der Waals surface area contributed by atoms with Gasteiger partial charge in [-0.1, -0.05) is 0 Å². The van der Waals surface area contributed by atoms with Gasteiger partial charge in [-0.15, -0.1) is 0 Å². The van der Waals surface area contributed by atoms with Crippen molar-refractivity contribution in [3.63, 3.8) is 0 Å². The third kappa shape index (κ3) is 4.28. The summed E-state index contributed by atoms with van der Waals surface area (Å²) in [4.78, 5) is 3.72. The summed E-state index contributed by atoms with van der Waals surface area (Å²) in [6, 6.07) is 2.79. The van der Waals surface area contributed by atoms with E-state index >= 15 is 0 Å². The molecule has 1 aromatic rings. The van der Waals surface area contributed by atoms with Crippen LogP contribution in [0.4, 0.5) is 14.5 Å². The zero-order valence-corrected chi connectivity index (χ0v) is 14.2. The Morgan fingerprint density at radius 2 is 1.48 bits per heavy atom. The smallest absolute Gasteiger partial charge is 0.131 e. The number of hydrogen-bond donors (Lipinski definition) is 3. The molecule has 2 aliphatic rings. The van der Waals surface area contributed by atoms with E-state index in [1.54, 1.807) is 4.90 Å². The van der Waals surface area contributed by atoms with Crippen molar-refractivity contribution in [2.24, 2.45) is 0 Å². The van der Waals surface area contributed by atoms with Crippen LogP contribution in [0.15, 0.2) is 12.1 Å². The minimum atomic E-state index is -1.17. The fourth-order valence-corrected chi connectivity index (χ4v) is 3.69. The van der Waals surface area contributed by atoms with Gasteiger partial charge in [-0.3, -0.25) is 4.90 Å². The van der Waals surface area contributed by atoms with Crippen molar-refractivity contribution in [2.45, 2.75) is 44.0 Å². The number of likely N-dealkylation sites (tertiary alicyclic amines) is 1. The molecule has 2 aliphatic heterocycles. The largest absolute Gasteiger partial charge is 0.389 e. The Kier molecular flexibility index (Phi) is 5.89. The zero-order valence-electron chi connectivity index (χ0n) is 14.2. The molecule has 0 amide bonds. The fourth-order valence-electron chi connectivity index (χ4n) is 3.69. The number of halogens is 2. The number of nitrogens with zero attached hydrogens (tertiary/aromatic N) is 2. The standard InChI is InChI=1S/C18H26F2N2O3/c19-14-8-12(22-5-2-1-3-6-22)9-15(20)13(14)4-7-21-10-16(23)18(25)17(24)11-21/h8-9,16-18,23-25H,1-7,10-11H2. The van der Waals surface area contributed by atoms with Crippen LogP contribution in [-0.4, -0.2) is 71.3 Å². The average molecular weight is 356 g/mol. The lowest BCUT2D eigenvalue weighted by atomic mass is 10.0. The SMILES string of the molecule is OC1CN(CCc2c(F)cc(N3CCCCC3)cc2F)CC(O)C1O. The summed E-state index contributed by atoms with van der Waals surface area (Å²) < 4.78 is 28.8. The molecule has 2 atom stereocenters. The Labute approximate surface area is 146 Å². The molecule has 0 radical (unpaired) electrons. The molecule has 25 heavy (non-hydrogen) atoms. The highest BCUT2D eigenvalue weighted by Crippen LogP contribution is 2.25. The number of β-amino-alcohol motifs (C(OH)–C–C–N with tert-alkyl or cyclic N) is 2. The maximum Gasteiger partial charge on any atom is 0.131 e. The molecular weight excluding hydrogens is 330 g/mol. The van der Waals surface area contributed by atoms with Gasteiger partial charge >= 0.3 is 0 Å². The first kappa shape index (κ1) is 18.5. The number of rotatable bonds is 4. The van der Waals surface area contributed by atoms with Crippen molar-refractivity contribution in [3.8, 4) is 0 Å². The van der Waals surface area contributed by atoms with E-state index in [9.17, 15) is 24.1 Å². The summed E-state index contributed by atoms with van der Waals surface area (Å²) >= 11 is 0. The minimum absolute atomic E-state index is 0.0239. The molecule has 2 unspecified atom stereocenters. The van der Waals surface area contributed by atoms with Gasteiger partial charge in [0.1, 0.15) is 17.7 Å². The molecule has 0 aromatic heterocycles. The van der Waals surface area contributed by atoms with Gasteiger partial charge in [0.05, 0.1) is 12.2 Å². The molecule has 0 spiro atoms. The predicted molar refractivity (Wildman–Crippen MR) is 90.6 cm³/mol. The summed E-state index contributed by atoms with van der Waals surface area (Å²) in [7, 11) is 0. The van der Waals surface area contributed by atoms with E-state index in [0.717, 1.165) is 32.4 Å². The highest BCUT2D eigenvalue weighted by atomic mass is 19.1. The molecule has 7 heteroatoms. The van der Waals surface area contributed by atoms with Gasteiger partial charge in [0.15, 0.2) is 0 Å². The fraction of sp³-hybridized carbons (Fsp3) is 0.667. The molecule has 2 fully saturated rings. The third-order valence-electron chi connectivity index (χ3n) is 5.20. The molecule has 2 saturated heterocycles. The van der Waals surface area contributed by atoms with E-state index in [1.807, 2.05) is 4.90 Å². The van der Waals surface area contributed by atoms with Gasteiger partial charge in [0.2, 0.25) is 0 Å². The number of hydrogen-bond acceptors (Lipinski definition) is 5. The first-order valence-electron chi connectivity index (χ1n) is 8.95. The molecule has 140 valence electrons. The van der Waals surface area contributed by atoms with Crippen LogP contribution in [0.25, 0.3) is 0 Å². The summed E-state index contributed by atoms with van der Waals surface area (Å²) in [5, 5.41) is 28.9. The molecule has 0 saturated carbocycles. The predicted octanol–water partition coefficient (Wildman–Crippen LogP) is 0.896. The van der Waals surface area contributed by atoms with E-state index in [0.29, 0.717) is 12.2 Å². The Hall–Kier alpha value is -1.28. The number of aliphatic hydroxyl groups excluding tert-OH is 3. The Morgan fingerprint density at radius 3 is 2.04 bits per heavy atom. The second-order valence-corrected chi connectivity index (χ2v) is 7.07. The monoisotopic (exact) mass is 356 g/mol. The molecule has 5 nitrogen and oxygen atoms in total. The summed E-state index contributed by atoms with van der Waals surface area (Å²) in [5.41, 5.74) is 0.612. The Balaban J connectivity index is 1.64. The maximum atomic E-state index is 14.4. The molecular formula is C18H26F2N2O3. The first-order valence-corrected chi connectivity index (χ1v) is 8.95. The highest BCUT2D eigenvalue weighted by Gasteiger charge is 2.33. The summed E-state index contributed by atoms with van der Waals surface area (Å²) in [6.45, 7) is 2.30. The van der Waals surface area contributed by atoms with Gasteiger partial charge in [-0.25, -0.2) is 8.78 Å². The van der Waals surface area contributed by atoms with E-state index in [2.05, 4.69) is 0 Å². The van der Waals surface area contributed by atoms with Gasteiger partial charge < -0.3 is 20.2 Å². The second kappa shape index (κ2) is 7.95. The van der Waals surface area contributed by atoms with Crippen LogP contribution >= 0.6 is 0 Å². The quantitative estimate of drug-likeness (QED) is 0.748. The number of anilines is 1. The normalized spacial score (nSPS) is 28.4. The highest BCUT2D eigenvalue weighted by molar-refractivity contribution is 5.49. The van der Waals surface area contributed by atoms with Crippen LogP contribution in [-0.2, 0) is 6.42 Å². The third-order valence-corrected chi connectivity index (χ3v) is 5.20. The summed E-state index contributed by atoms with van der Waals surface area (Å²) in [6.07, 6.45) is 0.0933. The van der Waals surface area contributed by atoms with E-state index in [-0.39, 0.29) is 25.1 Å². The molecule has 0 aliphatic carbocycles. The maximum absolute atomic E-state index is 14.4. The van der Waals surface area contributed by atoms with Gasteiger partial charge in [-0.05, 0) is 37.8 Å². The van der Waals surface area contributed by atoms with Crippen molar-refractivity contribution in [2.75, 3.05) is 37.6 Å². The van der Waals surface area contributed by atoms with Crippen molar-refractivity contribution >= 4 is 5.69 Å². The number of aliphatic hydroxyl groups is 3. The van der Waals surface area contributed by atoms with Crippen LogP contribution in [0.5, 0.6) is 0 Å². The Bertz CT molecular complexity index is 561. The first-order chi connectivity index (χ1) is 12.0. The number of benzene rings is 1. The van der Waals surface area contributed by atoms with Gasteiger partial charge in [-0.2, -0.15) is 0 Å². The van der Waals surface area contributed by atoms with E-state index < -0.39 is 29.9 Å². The van der Waals surface area contributed by atoms with Crippen LogP contribution < -0.4 is 4.90 Å². The lowest BCUT2D eigenvalue weighted by Crippen LogP contribution is -2.55. The lowest BCUT2D eigenvalue weighted by molar-refractivity contribution is -0.109. The zero-order chi connectivity index (χ0) is 18.0. The van der Waals surface area contributed by atoms with Crippen molar-refractivity contribution in [1.82, 2.24) is 4.90 Å². The van der Waals surface area contributed by atoms with Crippen LogP contribution in [0, 0.1) is 11.6 Å². The minimum Gasteiger partial charge on any atom is -0.389 e. The molecule has 0 bridgehead atoms. The average Bonchev–Trinajstić information content (AvgIpc) is 2.59. The van der Waals surface area contributed by atoms with E-state index in [1.165, 1.54) is 12.1 Å². The second-order valence-electron chi connectivity index (χ2n) is 7.07. The van der Waals surface area contributed by atoms with Crippen molar-refractivity contribution < 1.29 is 24.1 Å². The molecule has 2 heterocycles. The van der Waals surface area contributed by atoms with E-state index in [4.69, 9.17) is 0 Å². The topological polar surface area (TPSA) is 67.2 Å². The molecule has 1 aromatic carbocycles.